The van der Waals surface area contributed by atoms with Gasteiger partial charge in [-0.15, -0.1) is 0 Å². The monoisotopic (exact) mass is 487 g/mol. The lowest BCUT2D eigenvalue weighted by Crippen LogP contribution is -2.39. The highest BCUT2D eigenvalue weighted by Crippen LogP contribution is 2.29. The van der Waals surface area contributed by atoms with Gasteiger partial charge in [-0.2, -0.15) is 4.57 Å². The lowest BCUT2D eigenvalue weighted by atomic mass is 9.88. The summed E-state index contributed by atoms with van der Waals surface area (Å²) in [4.78, 5) is 0.306. The fourth-order valence-corrected chi connectivity index (χ4v) is 3.82. The van der Waals surface area contributed by atoms with Crippen LogP contribution in [-0.2, 0) is 5.41 Å². The predicted molar refractivity (Wildman–Crippen MR) is 137 cm³/mol. The summed E-state index contributed by atoms with van der Waals surface area (Å²) < 4.78 is 7.05. The van der Waals surface area contributed by atoms with Gasteiger partial charge in [-0.1, -0.05) is 62.3 Å². The largest absolute Gasteiger partial charge is 0.502 e. The van der Waals surface area contributed by atoms with Gasteiger partial charge < -0.3 is 15.2 Å². The highest BCUT2D eigenvalue weighted by Gasteiger charge is 2.26. The molecule has 0 saturated carbocycles. The Morgan fingerprint density at radius 2 is 1.72 bits per heavy atom. The lowest BCUT2D eigenvalue weighted by molar-refractivity contribution is -0.575. The quantitative estimate of drug-likeness (QED) is 0.177. The van der Waals surface area contributed by atoms with Crippen LogP contribution in [0.3, 0.4) is 0 Å². The Bertz CT molecular complexity index is 1170. The van der Waals surface area contributed by atoms with E-state index in [2.05, 4.69) is 26.1 Å². The maximum Gasteiger partial charge on any atom is 0.288 e. The van der Waals surface area contributed by atoms with Crippen LogP contribution in [0.25, 0.3) is 11.5 Å². The maximum absolute atomic E-state index is 11.3. The average Bonchev–Trinajstić information content (AvgIpc) is 2.75. The predicted octanol–water partition coefficient (Wildman–Crippen LogP) is 6.91. The van der Waals surface area contributed by atoms with Gasteiger partial charge in [0, 0.05) is 34.5 Å². The first-order valence-electron chi connectivity index (χ1n) is 9.96. The summed E-state index contributed by atoms with van der Waals surface area (Å²) >= 11 is 18.2. The van der Waals surface area contributed by atoms with Crippen LogP contribution in [0.1, 0.15) is 31.9 Å². The second-order valence-corrected chi connectivity index (χ2v) is 9.50. The summed E-state index contributed by atoms with van der Waals surface area (Å²) in [5.41, 5.74) is 2.62. The summed E-state index contributed by atoms with van der Waals surface area (Å²) in [6.07, 6.45) is 3.73. The van der Waals surface area contributed by atoms with Crippen LogP contribution in [0.15, 0.2) is 67.0 Å². The lowest BCUT2D eigenvalue weighted by Gasteiger charge is -2.18. The smallest absolute Gasteiger partial charge is 0.288 e. The Labute approximate surface area is 204 Å². The molecule has 0 aliphatic carbocycles. The molecule has 1 aromatic heterocycles. The number of aromatic nitrogens is 1. The van der Waals surface area contributed by atoms with Gasteiger partial charge in [0.05, 0.1) is 12.1 Å². The zero-order chi connectivity index (χ0) is 23.5. The number of ether oxygens (including phenoxy) is 1. The average molecular weight is 488 g/mol. The molecule has 0 unspecified atom stereocenters. The van der Waals surface area contributed by atoms with Crippen LogP contribution >= 0.6 is 35.4 Å². The van der Waals surface area contributed by atoms with Gasteiger partial charge in [0.2, 0.25) is 5.76 Å². The molecule has 0 aliphatic heterocycles. The van der Waals surface area contributed by atoms with Gasteiger partial charge >= 0.3 is 0 Å². The zero-order valence-corrected chi connectivity index (χ0v) is 20.6. The minimum absolute atomic E-state index is 0.0133. The highest BCUT2D eigenvalue weighted by molar-refractivity contribution is 7.81. The zero-order valence-electron chi connectivity index (χ0n) is 18.3. The van der Waals surface area contributed by atoms with Gasteiger partial charge in [0.25, 0.3) is 5.70 Å². The number of anilines is 1. The second kappa shape index (κ2) is 9.90. The number of hydrogen-bond donors (Lipinski definition) is 2. The molecular weight excluding hydrogens is 463 g/mol. The summed E-state index contributed by atoms with van der Waals surface area (Å²) in [5.74, 6) is 0.596. The fourth-order valence-electron chi connectivity index (χ4n) is 3.12. The molecule has 0 bridgehead atoms. The maximum atomic E-state index is 11.3. The molecule has 2 N–H and O–H groups in total. The molecule has 0 saturated heterocycles. The number of rotatable bonds is 5. The van der Waals surface area contributed by atoms with Crippen molar-refractivity contribution < 1.29 is 14.4 Å². The molecule has 0 aliphatic rings. The van der Waals surface area contributed by atoms with Crippen molar-refractivity contribution >= 4 is 57.6 Å². The van der Waals surface area contributed by atoms with Crippen molar-refractivity contribution in [1.82, 2.24) is 0 Å². The van der Waals surface area contributed by atoms with Crippen LogP contribution in [-0.4, -0.2) is 17.2 Å². The molecule has 0 fully saturated rings. The normalized spacial score (nSPS) is 12.2. The van der Waals surface area contributed by atoms with Crippen molar-refractivity contribution in [1.29, 1.82) is 0 Å². The van der Waals surface area contributed by atoms with Crippen molar-refractivity contribution in [2.45, 2.75) is 26.2 Å². The van der Waals surface area contributed by atoms with E-state index in [-0.39, 0.29) is 11.2 Å². The third-order valence-electron chi connectivity index (χ3n) is 4.90. The van der Waals surface area contributed by atoms with E-state index < -0.39 is 0 Å². The summed E-state index contributed by atoms with van der Waals surface area (Å²) in [7, 11) is 1.60. The molecule has 0 radical (unpaired) electrons. The van der Waals surface area contributed by atoms with E-state index >= 15 is 0 Å². The van der Waals surface area contributed by atoms with Gasteiger partial charge in [0.15, 0.2) is 17.4 Å². The number of hydrogen-bond acceptors (Lipinski definition) is 3. The van der Waals surface area contributed by atoms with Gasteiger partial charge in [-0.25, -0.2) is 0 Å². The molecule has 32 heavy (non-hydrogen) atoms. The van der Waals surface area contributed by atoms with E-state index in [1.54, 1.807) is 29.9 Å². The van der Waals surface area contributed by atoms with Crippen LogP contribution in [0.4, 0.5) is 5.69 Å². The molecule has 0 amide bonds. The second-order valence-electron chi connectivity index (χ2n) is 8.25. The van der Waals surface area contributed by atoms with E-state index in [4.69, 9.17) is 40.2 Å². The summed E-state index contributed by atoms with van der Waals surface area (Å²) in [6.45, 7) is 6.42. The molecule has 1 heterocycles. The van der Waals surface area contributed by atoms with E-state index in [0.29, 0.717) is 32.0 Å². The van der Waals surface area contributed by atoms with E-state index in [0.717, 1.165) is 11.3 Å². The molecule has 166 valence electrons. The van der Waals surface area contributed by atoms with Crippen molar-refractivity contribution in [2.75, 3.05) is 12.4 Å². The number of aliphatic hydroxyl groups is 1. The molecule has 3 aromatic rings. The first kappa shape index (κ1) is 24.1. The van der Waals surface area contributed by atoms with Crippen LogP contribution in [0.2, 0.25) is 10.0 Å². The summed E-state index contributed by atoms with van der Waals surface area (Å²) in [6, 6.07) is 16.3. The number of nitrogens with one attached hydrogen (secondary N) is 1. The van der Waals surface area contributed by atoms with Crippen molar-refractivity contribution in [3.63, 3.8) is 0 Å². The van der Waals surface area contributed by atoms with Gasteiger partial charge in [-0.05, 0) is 41.3 Å². The first-order valence-corrected chi connectivity index (χ1v) is 11.1. The fraction of sp³-hybridized carbons (Fsp3) is 0.200. The van der Waals surface area contributed by atoms with E-state index in [9.17, 15) is 5.11 Å². The van der Waals surface area contributed by atoms with Crippen LogP contribution < -0.4 is 14.6 Å². The number of aliphatic hydroxyl groups excluding tert-OH is 1. The number of halogens is 2. The summed E-state index contributed by atoms with van der Waals surface area (Å²) in [5, 5.41) is 15.3. The number of thiocarbonyl (C=S) groups is 1. The van der Waals surface area contributed by atoms with E-state index in [1.807, 2.05) is 48.8 Å². The molecule has 0 atom stereocenters. The molecule has 0 spiro atoms. The number of benzene rings is 2. The first-order chi connectivity index (χ1) is 15.1. The van der Waals surface area contributed by atoms with Gasteiger partial charge in [0.1, 0.15) is 5.75 Å². The number of methoxy groups -OCH3 is 1. The third-order valence-corrected chi connectivity index (χ3v) is 5.76. The number of pyridine rings is 1. The highest BCUT2D eigenvalue weighted by atomic mass is 35.5. The SMILES string of the molecule is COc1cccc(NC(=S)/C(=C(/O)c2cc(Cl)ccc2Cl)[n+]2ccc(C(C)(C)C)cc2)c1. The minimum Gasteiger partial charge on any atom is -0.502 e. The number of nitrogens with zero attached hydrogens (tertiary/aromatic N) is 1. The Morgan fingerprint density at radius 3 is 2.34 bits per heavy atom. The molecule has 2 aromatic carbocycles. The van der Waals surface area contributed by atoms with Crippen molar-refractivity contribution in [3.05, 3.63) is 88.2 Å². The third kappa shape index (κ3) is 5.60. The van der Waals surface area contributed by atoms with Crippen LogP contribution in [0, 0.1) is 0 Å². The van der Waals surface area contributed by atoms with Crippen LogP contribution in [0.5, 0.6) is 5.75 Å². The molecule has 4 nitrogen and oxygen atoms in total. The van der Waals surface area contributed by atoms with Crippen molar-refractivity contribution in [3.8, 4) is 5.75 Å². The molecule has 3 rings (SSSR count). The topological polar surface area (TPSA) is 45.4 Å². The van der Waals surface area contributed by atoms with Crippen molar-refractivity contribution in [2.24, 2.45) is 0 Å². The Hall–Kier alpha value is -2.60. The minimum atomic E-state index is -0.0913. The standard InChI is InChI=1S/C25H24Cl2N2O2S/c1-25(2,3)16-10-12-29(13-11-16)22(23(30)20-14-17(26)8-9-21(20)27)24(32)28-18-6-5-7-19(15-18)31-4/h5-15H,1-4H3,(H-,28,30,32)/p+1. The molecular formula is C25H25Cl2N2O2S+. The Balaban J connectivity index is 2.12. The Morgan fingerprint density at radius 1 is 1.03 bits per heavy atom. The van der Waals surface area contributed by atoms with E-state index in [1.165, 1.54) is 0 Å². The van der Waals surface area contributed by atoms with Gasteiger partial charge in [-0.3, -0.25) is 0 Å². The molecule has 7 heteroatoms. The Kier molecular flexibility index (Phi) is 7.44.